The Morgan fingerprint density at radius 1 is 0.260 bits per heavy atom. The number of carbonyl (C=O) groups is 9. The van der Waals surface area contributed by atoms with Crippen LogP contribution in [0, 0.1) is 0 Å². The van der Waals surface area contributed by atoms with Gasteiger partial charge in [0.15, 0.2) is 0 Å². The van der Waals surface area contributed by atoms with Crippen LogP contribution in [0.1, 0.15) is 53.4 Å². The molecule has 0 unspecified atom stereocenters. The van der Waals surface area contributed by atoms with Crippen molar-refractivity contribution in [3.05, 3.63) is 0 Å². The highest BCUT2D eigenvalue weighted by molar-refractivity contribution is 5.80. The van der Waals surface area contributed by atoms with Gasteiger partial charge in [-0.05, 0) is 33.6 Å². The van der Waals surface area contributed by atoms with Crippen LogP contribution in [0.15, 0.2) is 0 Å². The van der Waals surface area contributed by atoms with E-state index in [0.29, 0.717) is 112 Å². The number of ether oxygens (including phenoxy) is 27. The molecule has 0 aliphatic rings. The van der Waals surface area contributed by atoms with Gasteiger partial charge in [-0.2, -0.15) is 5.48 Å². The highest BCUT2D eigenvalue weighted by Crippen LogP contribution is 2.07. The second kappa shape index (κ2) is 97.4. The minimum atomic E-state index is -0.904. The van der Waals surface area contributed by atoms with Crippen LogP contribution in [-0.4, -0.2) is 474 Å². The minimum absolute atomic E-state index is 0.00204. The third-order valence-electron chi connectivity index (χ3n) is 15.1. The minimum Gasteiger partial charge on any atom is -0.442 e. The van der Waals surface area contributed by atoms with Crippen molar-refractivity contribution in [2.24, 2.45) is 0 Å². The Morgan fingerprint density at radius 2 is 0.504 bits per heavy atom. The van der Waals surface area contributed by atoms with Crippen LogP contribution in [-0.2, 0) is 171 Å². The fourth-order valence-corrected chi connectivity index (χ4v) is 8.80. The maximum atomic E-state index is 12.7. The van der Waals surface area contributed by atoms with Gasteiger partial charge in [0, 0.05) is 93.6 Å². The quantitative estimate of drug-likeness (QED) is 0.0205. The van der Waals surface area contributed by atoms with Crippen LogP contribution in [0.4, 0.5) is 4.79 Å². The SMILES string of the molecule is CCC(=O)NCCC(=O)NCCCCONC(=O)OC(C)(C)C.COCCOCCOCC(=O)NCCOCCOCC(COCCOCCNC(=O)COCCOCCOC)OCC(=O)NCCOCCOCC(O)COCCOCCNC(=O)COC(COCCOCCNC(=O)COCCOCCOC)COCCOCCNC(=O)COCCOCCOC. The van der Waals surface area contributed by atoms with E-state index in [9.17, 15) is 48.3 Å². The highest BCUT2D eigenvalue weighted by atomic mass is 16.7. The fraction of sp³-hybridized carbons (Fsp3) is 0.887. The first-order chi connectivity index (χ1) is 61.8. The Balaban J connectivity index is 0. The Kier molecular flexibility index (Phi) is 94.3. The summed E-state index contributed by atoms with van der Waals surface area (Å²) in [7, 11) is 6.33. The Morgan fingerprint density at radius 3 is 0.787 bits per heavy atom. The van der Waals surface area contributed by atoms with E-state index in [2.05, 4.69) is 48.0 Å². The van der Waals surface area contributed by atoms with Crippen LogP contribution < -0.4 is 48.0 Å². The van der Waals surface area contributed by atoms with Gasteiger partial charge in [0.1, 0.15) is 63.6 Å². The zero-order valence-corrected chi connectivity index (χ0v) is 76.5. The van der Waals surface area contributed by atoms with Gasteiger partial charge in [-0.1, -0.05) is 6.92 Å². The molecular weight excluding hydrogens is 1690 g/mol. The van der Waals surface area contributed by atoms with Gasteiger partial charge in [0.2, 0.25) is 47.3 Å². The zero-order valence-electron chi connectivity index (χ0n) is 76.5. The predicted octanol–water partition coefficient (Wildman–Crippen LogP) is -4.01. The number of unbranched alkanes of at least 4 members (excludes halogenated alkanes) is 1. The van der Waals surface area contributed by atoms with Crippen molar-refractivity contribution in [1.29, 1.82) is 0 Å². The van der Waals surface area contributed by atoms with Crippen LogP contribution in [0.25, 0.3) is 0 Å². The van der Waals surface area contributed by atoms with Crippen LogP contribution >= 0.6 is 0 Å². The molecule has 0 aromatic heterocycles. The Bertz CT molecular complexity index is 2320. The summed E-state index contributed by atoms with van der Waals surface area (Å²) in [6.45, 7) is 19.4. The molecule has 748 valence electrons. The summed E-state index contributed by atoms with van der Waals surface area (Å²) in [5, 5.41) is 32.0. The molecule has 0 rings (SSSR count). The molecule has 0 heterocycles. The molecule has 0 aliphatic heterocycles. The monoisotopic (exact) mass is 1850 g/mol. The van der Waals surface area contributed by atoms with Crippen molar-refractivity contribution in [3.63, 3.8) is 0 Å². The normalized spacial score (nSPS) is 11.4. The molecule has 9 amide bonds. The van der Waals surface area contributed by atoms with E-state index in [1.807, 2.05) is 0 Å². The molecule has 0 saturated heterocycles. The molecule has 127 heavy (non-hydrogen) atoms. The number of rotatable bonds is 96. The number of hydrogen-bond acceptors (Lipinski definition) is 38. The predicted molar refractivity (Wildman–Crippen MR) is 453 cm³/mol. The summed E-state index contributed by atoms with van der Waals surface area (Å²) in [5.41, 5.74) is 1.63. The van der Waals surface area contributed by atoms with Crippen molar-refractivity contribution in [2.75, 3.05) is 391 Å². The summed E-state index contributed by atoms with van der Waals surface area (Å²) in [6.07, 6.45) is -0.675. The summed E-state index contributed by atoms with van der Waals surface area (Å²) < 4.78 is 146. The number of aliphatic hydroxyl groups excluding tert-OH is 1. The number of nitrogens with one attached hydrogen (secondary N) is 9. The first kappa shape index (κ1) is 123. The third kappa shape index (κ3) is 100. The molecule has 0 aromatic carbocycles. The lowest BCUT2D eigenvalue weighted by molar-refractivity contribution is -0.133. The van der Waals surface area contributed by atoms with Crippen molar-refractivity contribution in [3.8, 4) is 0 Å². The Labute approximate surface area is 748 Å². The van der Waals surface area contributed by atoms with Gasteiger partial charge in [-0.3, -0.25) is 43.2 Å². The molecule has 10 N–H and O–H groups in total. The van der Waals surface area contributed by atoms with Gasteiger partial charge in [-0.15, -0.1) is 0 Å². The Hall–Kier alpha value is -6.09. The molecule has 0 bridgehead atoms. The van der Waals surface area contributed by atoms with Crippen molar-refractivity contribution >= 4 is 53.4 Å². The molecule has 0 spiro atoms. The van der Waals surface area contributed by atoms with Gasteiger partial charge < -0.3 is 176 Å². The molecule has 0 fully saturated rings. The largest absolute Gasteiger partial charge is 0.442 e. The van der Waals surface area contributed by atoms with E-state index in [1.54, 1.807) is 56.1 Å². The molecular formula is C80H155N9O38. The molecule has 0 atom stereocenters. The molecule has 0 aromatic rings. The van der Waals surface area contributed by atoms with E-state index < -0.39 is 30.0 Å². The number of carbonyl (C=O) groups excluding carboxylic acids is 9. The van der Waals surface area contributed by atoms with E-state index in [0.717, 1.165) is 6.42 Å². The van der Waals surface area contributed by atoms with Crippen molar-refractivity contribution < 1.29 is 181 Å². The maximum absolute atomic E-state index is 12.7. The molecule has 47 heteroatoms. The smallest absolute Gasteiger partial charge is 0.431 e. The summed E-state index contributed by atoms with van der Waals surface area (Å²) >= 11 is 0. The molecule has 0 radical (unpaired) electrons. The van der Waals surface area contributed by atoms with Gasteiger partial charge in [0.25, 0.3) is 0 Å². The number of methoxy groups -OCH3 is 4. The van der Waals surface area contributed by atoms with Crippen molar-refractivity contribution in [1.82, 2.24) is 48.0 Å². The van der Waals surface area contributed by atoms with Gasteiger partial charge in [0.05, 0.1) is 271 Å². The molecule has 0 aliphatic carbocycles. The molecule has 0 saturated carbocycles. The zero-order chi connectivity index (χ0) is 93.3. The van der Waals surface area contributed by atoms with Crippen LogP contribution in [0.5, 0.6) is 0 Å². The number of hydrogen-bond donors (Lipinski definition) is 10. The van der Waals surface area contributed by atoms with Gasteiger partial charge in [-0.25, -0.2) is 4.79 Å². The number of hydroxylamine groups is 1. The second-order valence-corrected chi connectivity index (χ2v) is 27.3. The maximum Gasteiger partial charge on any atom is 0.431 e. The fourth-order valence-electron chi connectivity index (χ4n) is 8.80. The van der Waals surface area contributed by atoms with Crippen LogP contribution in [0.3, 0.4) is 0 Å². The topological polar surface area (TPSA) is 541 Å². The molecule has 47 nitrogen and oxygen atoms in total. The summed E-state index contributed by atoms with van der Waals surface area (Å²) in [4.78, 5) is 112. The van der Waals surface area contributed by atoms with E-state index >= 15 is 0 Å². The highest BCUT2D eigenvalue weighted by Gasteiger charge is 2.19. The van der Waals surface area contributed by atoms with Gasteiger partial charge >= 0.3 is 6.09 Å². The lowest BCUT2D eigenvalue weighted by Crippen LogP contribution is -2.35. The number of amides is 9. The van der Waals surface area contributed by atoms with E-state index in [4.69, 9.17) is 133 Å². The first-order valence-corrected chi connectivity index (χ1v) is 42.9. The summed E-state index contributed by atoms with van der Waals surface area (Å²) in [6, 6.07) is 0. The lowest BCUT2D eigenvalue weighted by Gasteiger charge is -2.19. The van der Waals surface area contributed by atoms with Crippen molar-refractivity contribution in [2.45, 2.75) is 77.3 Å². The second-order valence-electron chi connectivity index (χ2n) is 27.3. The van der Waals surface area contributed by atoms with E-state index in [1.165, 1.54) is 0 Å². The standard InChI is InChI=1S/C65H126N6O33.C15H29N3O5/c1-79-17-21-89-31-41-99-51-60(73)66-5-11-85-27-37-95-47-58(48-96-38-28-86-12-6-67-61(74)52-100-42-32-90-22-18-80-2)103-55-64(77)70-9-15-83-25-35-93-45-57(72)46-94-36-26-84-16-10-71-65(78)56-104-59(49-97-39-29-87-13-7-68-62(75)53-101-43-33-91-23-19-81-3)50-98-40-30-88-14-8-69-63(76)54-102-44-34-92-24-20-82-4;1-5-12(19)17-10-8-13(20)16-9-6-7-11-22-18-14(21)23-15(2,3)4/h57-59,72H,5-56H2,1-4H3,(H,66,73)(H,67,74)(H,68,75)(H,69,76)(H,70,77)(H,71,78);5-11H2,1-4H3,(H,16,20)(H,17,19)(H,18,21). The third-order valence-corrected chi connectivity index (χ3v) is 15.1. The first-order valence-electron chi connectivity index (χ1n) is 42.9. The van der Waals surface area contributed by atoms with Crippen LogP contribution in [0.2, 0.25) is 0 Å². The average molecular weight is 1850 g/mol. The summed E-state index contributed by atoms with van der Waals surface area (Å²) in [5.74, 6) is -2.06. The lowest BCUT2D eigenvalue weighted by atomic mass is 10.2. The van der Waals surface area contributed by atoms with E-state index in [-0.39, 0.29) is 318 Å². The average Bonchev–Trinajstić information content (AvgIpc) is 0.957. The number of aliphatic hydroxyl groups is 1.